The van der Waals surface area contributed by atoms with Gasteiger partial charge in [0, 0.05) is 22.8 Å². The lowest BCUT2D eigenvalue weighted by molar-refractivity contribution is 0.102. The number of ether oxygens (including phenoxy) is 4. The minimum atomic E-state index is -3.82. The van der Waals surface area contributed by atoms with Gasteiger partial charge >= 0.3 is 0 Å². The Morgan fingerprint density at radius 1 is 1.00 bits per heavy atom. The molecule has 0 radical (unpaired) electrons. The van der Waals surface area contributed by atoms with Crippen LogP contribution in [0.2, 0.25) is 5.02 Å². The minimum absolute atomic E-state index is 0.0320. The van der Waals surface area contributed by atoms with Gasteiger partial charge in [-0.2, -0.15) is 0 Å². The molecular formula is C24H23ClN2O7S. The van der Waals surface area contributed by atoms with E-state index in [1.807, 2.05) is 0 Å². The van der Waals surface area contributed by atoms with E-state index >= 15 is 0 Å². The first-order valence-corrected chi connectivity index (χ1v) is 12.6. The molecule has 11 heteroatoms. The van der Waals surface area contributed by atoms with Gasteiger partial charge in [0.25, 0.3) is 5.91 Å². The van der Waals surface area contributed by atoms with Gasteiger partial charge in [0.2, 0.25) is 16.8 Å². The van der Waals surface area contributed by atoms with E-state index in [1.54, 1.807) is 42.5 Å². The molecule has 1 N–H and O–H groups in total. The van der Waals surface area contributed by atoms with Crippen molar-refractivity contribution >= 4 is 38.9 Å². The Bertz CT molecular complexity index is 1360. The number of benzene rings is 3. The van der Waals surface area contributed by atoms with E-state index in [9.17, 15) is 13.2 Å². The summed E-state index contributed by atoms with van der Waals surface area (Å²) in [6, 6.07) is 14.6. The first-order chi connectivity index (χ1) is 16.7. The highest BCUT2D eigenvalue weighted by molar-refractivity contribution is 7.92. The molecule has 0 atom stereocenters. The Kier molecular flexibility index (Phi) is 6.95. The zero-order valence-corrected chi connectivity index (χ0v) is 20.8. The second kappa shape index (κ2) is 9.93. The van der Waals surface area contributed by atoms with Crippen molar-refractivity contribution in [2.75, 3.05) is 36.9 Å². The number of carbonyl (C=O) groups excluding carboxylic acids is 1. The van der Waals surface area contributed by atoms with E-state index in [-0.39, 0.29) is 36.1 Å². The third kappa shape index (κ3) is 5.39. The molecular weight excluding hydrogens is 496 g/mol. The van der Waals surface area contributed by atoms with E-state index in [2.05, 4.69) is 5.32 Å². The van der Waals surface area contributed by atoms with Crippen molar-refractivity contribution in [1.29, 1.82) is 0 Å². The quantitative estimate of drug-likeness (QED) is 0.474. The highest BCUT2D eigenvalue weighted by Gasteiger charge is 2.27. The van der Waals surface area contributed by atoms with Crippen LogP contribution in [0.5, 0.6) is 23.0 Å². The summed E-state index contributed by atoms with van der Waals surface area (Å²) in [6.07, 6.45) is 1.07. The zero-order chi connectivity index (χ0) is 25.2. The second-order valence-corrected chi connectivity index (χ2v) is 9.99. The first kappa shape index (κ1) is 24.5. The number of nitrogens with one attached hydrogen (secondary N) is 1. The maximum absolute atomic E-state index is 13.4. The van der Waals surface area contributed by atoms with Gasteiger partial charge in [-0.3, -0.25) is 9.10 Å². The summed E-state index contributed by atoms with van der Waals surface area (Å²) in [5.41, 5.74) is 1.32. The van der Waals surface area contributed by atoms with Crippen LogP contribution in [0.25, 0.3) is 0 Å². The number of nitrogens with zero attached hydrogens (tertiary/aromatic N) is 1. The number of amides is 1. The number of rotatable bonds is 8. The van der Waals surface area contributed by atoms with Crippen LogP contribution < -0.4 is 28.6 Å². The SMILES string of the molecule is COc1cc(C(=O)Nc2ccc3c(c2)OCO3)c(N(Cc2ccc(Cl)cc2)S(C)(=O)=O)cc1OC. The molecule has 0 unspecified atom stereocenters. The van der Waals surface area contributed by atoms with E-state index in [0.29, 0.717) is 27.8 Å². The maximum Gasteiger partial charge on any atom is 0.257 e. The van der Waals surface area contributed by atoms with Crippen molar-refractivity contribution < 1.29 is 32.2 Å². The van der Waals surface area contributed by atoms with Gasteiger partial charge in [-0.1, -0.05) is 23.7 Å². The molecule has 1 aliphatic rings. The molecule has 35 heavy (non-hydrogen) atoms. The average molecular weight is 519 g/mol. The van der Waals surface area contributed by atoms with Crippen LogP contribution in [0.15, 0.2) is 54.6 Å². The average Bonchev–Trinajstić information content (AvgIpc) is 3.30. The van der Waals surface area contributed by atoms with Gasteiger partial charge in [-0.05, 0) is 35.9 Å². The highest BCUT2D eigenvalue weighted by atomic mass is 35.5. The minimum Gasteiger partial charge on any atom is -0.493 e. The third-order valence-corrected chi connectivity index (χ3v) is 6.66. The standard InChI is InChI=1S/C24H23ClN2O7S/c1-31-21-11-18(24(28)26-17-8-9-20-23(10-17)34-14-33-20)19(12-22(21)32-2)27(35(3,29)30)13-15-4-6-16(25)7-5-15/h4-12H,13-14H2,1-3H3,(H,26,28). The topological polar surface area (TPSA) is 103 Å². The predicted molar refractivity (Wildman–Crippen MR) is 133 cm³/mol. The Balaban J connectivity index is 1.77. The number of halogens is 1. The van der Waals surface area contributed by atoms with Crippen LogP contribution in [0.4, 0.5) is 11.4 Å². The fraction of sp³-hybridized carbons (Fsp3) is 0.208. The van der Waals surface area contributed by atoms with Crippen molar-refractivity contribution in [3.63, 3.8) is 0 Å². The lowest BCUT2D eigenvalue weighted by atomic mass is 10.1. The van der Waals surface area contributed by atoms with Crippen molar-refractivity contribution in [3.8, 4) is 23.0 Å². The molecule has 4 rings (SSSR count). The smallest absolute Gasteiger partial charge is 0.257 e. The summed E-state index contributed by atoms with van der Waals surface area (Å²) < 4.78 is 48.3. The fourth-order valence-electron chi connectivity index (χ4n) is 3.57. The number of sulfonamides is 1. The zero-order valence-electron chi connectivity index (χ0n) is 19.2. The van der Waals surface area contributed by atoms with Crippen LogP contribution in [0.3, 0.4) is 0 Å². The number of hydrogen-bond acceptors (Lipinski definition) is 7. The summed E-state index contributed by atoms with van der Waals surface area (Å²) in [4.78, 5) is 13.4. The van der Waals surface area contributed by atoms with Gasteiger partial charge in [-0.25, -0.2) is 8.42 Å². The molecule has 3 aromatic carbocycles. The van der Waals surface area contributed by atoms with Gasteiger partial charge in [0.1, 0.15) is 0 Å². The molecule has 9 nitrogen and oxygen atoms in total. The molecule has 0 saturated heterocycles. The normalized spacial score (nSPS) is 12.2. The summed E-state index contributed by atoms with van der Waals surface area (Å²) in [5.74, 6) is 1.06. The molecule has 0 aliphatic carbocycles. The van der Waals surface area contributed by atoms with Crippen molar-refractivity contribution in [2.45, 2.75) is 6.54 Å². The summed E-state index contributed by atoms with van der Waals surface area (Å²) in [6.45, 7) is 0.0658. The Morgan fingerprint density at radius 3 is 2.31 bits per heavy atom. The molecule has 0 spiro atoms. The van der Waals surface area contributed by atoms with Gasteiger partial charge in [0.05, 0.1) is 38.3 Å². The molecule has 0 fully saturated rings. The summed E-state index contributed by atoms with van der Waals surface area (Å²) in [7, 11) is -0.962. The third-order valence-electron chi connectivity index (χ3n) is 5.29. The molecule has 0 aromatic heterocycles. The lowest BCUT2D eigenvalue weighted by Crippen LogP contribution is -2.31. The summed E-state index contributed by atoms with van der Waals surface area (Å²) >= 11 is 5.98. The molecule has 0 saturated carbocycles. The first-order valence-electron chi connectivity index (χ1n) is 10.4. The van der Waals surface area contributed by atoms with Gasteiger partial charge in [0.15, 0.2) is 23.0 Å². The number of methoxy groups -OCH3 is 2. The summed E-state index contributed by atoms with van der Waals surface area (Å²) in [5, 5.41) is 3.31. The van der Waals surface area contributed by atoms with Crippen LogP contribution in [-0.4, -0.2) is 41.6 Å². The van der Waals surface area contributed by atoms with Gasteiger partial charge in [-0.15, -0.1) is 0 Å². The predicted octanol–water partition coefficient (Wildman–Crippen LogP) is 4.30. The lowest BCUT2D eigenvalue weighted by Gasteiger charge is -2.26. The highest BCUT2D eigenvalue weighted by Crippen LogP contribution is 2.38. The van der Waals surface area contributed by atoms with Crippen LogP contribution in [0, 0.1) is 0 Å². The number of fused-ring (bicyclic) bond motifs is 1. The number of carbonyl (C=O) groups is 1. The largest absolute Gasteiger partial charge is 0.493 e. The van der Waals surface area contributed by atoms with Crippen molar-refractivity contribution in [3.05, 3.63) is 70.7 Å². The van der Waals surface area contributed by atoms with Crippen molar-refractivity contribution in [2.24, 2.45) is 0 Å². The van der Waals surface area contributed by atoms with Crippen molar-refractivity contribution in [1.82, 2.24) is 0 Å². The molecule has 1 amide bonds. The second-order valence-electron chi connectivity index (χ2n) is 7.64. The number of hydrogen-bond donors (Lipinski definition) is 1. The van der Waals surface area contributed by atoms with Crippen LogP contribution >= 0.6 is 11.6 Å². The van der Waals surface area contributed by atoms with E-state index in [1.165, 1.54) is 26.4 Å². The number of anilines is 2. The Morgan fingerprint density at radius 2 is 1.66 bits per heavy atom. The molecule has 184 valence electrons. The Labute approximate surface area is 208 Å². The monoisotopic (exact) mass is 518 g/mol. The van der Waals surface area contributed by atoms with Crippen LogP contribution in [0.1, 0.15) is 15.9 Å². The Hall–Kier alpha value is -3.63. The fourth-order valence-corrected chi connectivity index (χ4v) is 4.58. The molecule has 1 aliphatic heterocycles. The molecule has 1 heterocycles. The van der Waals surface area contributed by atoms with E-state index < -0.39 is 15.9 Å². The maximum atomic E-state index is 13.4. The van der Waals surface area contributed by atoms with E-state index in [4.69, 9.17) is 30.5 Å². The van der Waals surface area contributed by atoms with E-state index in [0.717, 1.165) is 10.6 Å². The van der Waals surface area contributed by atoms with Gasteiger partial charge < -0.3 is 24.3 Å². The molecule has 0 bridgehead atoms. The van der Waals surface area contributed by atoms with Crippen LogP contribution in [-0.2, 0) is 16.6 Å². The molecule has 3 aromatic rings.